The second kappa shape index (κ2) is 16.4. The molecule has 4 aromatic rings. The number of nitriles is 2. The summed E-state index contributed by atoms with van der Waals surface area (Å²) in [6, 6.07) is 10.7. The van der Waals surface area contributed by atoms with Gasteiger partial charge in [0.25, 0.3) is 11.5 Å². The van der Waals surface area contributed by atoms with Crippen molar-refractivity contribution < 1.29 is 26.4 Å². The van der Waals surface area contributed by atoms with E-state index in [2.05, 4.69) is 33.2 Å². The second-order valence-electron chi connectivity index (χ2n) is 14.7. The third kappa shape index (κ3) is 9.14. The van der Waals surface area contributed by atoms with Crippen LogP contribution in [0.1, 0.15) is 59.7 Å². The van der Waals surface area contributed by atoms with E-state index < -0.39 is 45.4 Å². The molecule has 6 rings (SSSR count). The highest BCUT2D eigenvalue weighted by molar-refractivity contribution is 7.90. The number of rotatable bonds is 9. The Bertz CT molecular complexity index is 2660. The summed E-state index contributed by atoms with van der Waals surface area (Å²) in [5, 5.41) is 24.7. The SMILES string of the molecule is Cc1nc2c(c(=O)n1CC#Cc1ccc(Cl)cc1-c1ccnc3c(C(=O)NS(=O)(=O)CC(C)(C)C#N)csc13)C(C#N)=C(N(C)C1CCN(CC(F)(F)F)CC1)NC2. The van der Waals surface area contributed by atoms with Crippen LogP contribution in [0.2, 0.25) is 5.02 Å². The molecule has 58 heavy (non-hydrogen) atoms. The number of nitrogens with zero attached hydrogens (tertiary/aromatic N) is 7. The molecule has 3 aromatic heterocycles. The van der Waals surface area contributed by atoms with Gasteiger partial charge >= 0.3 is 6.18 Å². The van der Waals surface area contributed by atoms with E-state index in [1.165, 1.54) is 46.2 Å². The zero-order chi connectivity index (χ0) is 42.2. The zero-order valence-corrected chi connectivity index (χ0v) is 34.2. The Hall–Kier alpha value is -5.45. The summed E-state index contributed by atoms with van der Waals surface area (Å²) >= 11 is 7.62. The van der Waals surface area contributed by atoms with Crippen molar-refractivity contribution >= 4 is 54.7 Å². The van der Waals surface area contributed by atoms with Gasteiger partial charge in [0, 0.05) is 59.5 Å². The Labute approximate surface area is 341 Å². The van der Waals surface area contributed by atoms with Crippen LogP contribution in [0.25, 0.3) is 26.9 Å². The number of hydrogen-bond acceptors (Lipinski definition) is 12. The first-order chi connectivity index (χ1) is 27.3. The first-order valence-electron chi connectivity index (χ1n) is 17.9. The molecular formula is C39H37ClF3N9O4S2. The highest BCUT2D eigenvalue weighted by Crippen LogP contribution is 2.37. The molecule has 19 heteroatoms. The predicted octanol–water partition coefficient (Wildman–Crippen LogP) is 5.40. The molecule has 0 spiro atoms. The van der Waals surface area contributed by atoms with Crippen molar-refractivity contribution in [2.24, 2.45) is 5.41 Å². The fraction of sp³-hybridized carbons (Fsp3) is 0.385. The zero-order valence-electron chi connectivity index (χ0n) is 31.8. The summed E-state index contributed by atoms with van der Waals surface area (Å²) in [7, 11) is -2.39. The van der Waals surface area contributed by atoms with Crippen LogP contribution in [-0.2, 0) is 23.1 Å². The van der Waals surface area contributed by atoms with E-state index in [4.69, 9.17) is 11.6 Å². The van der Waals surface area contributed by atoms with Crippen LogP contribution in [0.3, 0.4) is 0 Å². The molecule has 0 bridgehead atoms. The molecule has 0 saturated carbocycles. The summed E-state index contributed by atoms with van der Waals surface area (Å²) < 4.78 is 68.2. The van der Waals surface area contributed by atoms with Crippen LogP contribution in [0.15, 0.2) is 46.5 Å². The standard InChI is InChI=1S/C39H37ClF3N9O4S2/c1-23-48-31-18-47-35(50(4)26-10-14-51(15-11-26)21-39(41,42)43)29(17-44)32(31)37(54)52(23)13-5-6-24-7-8-25(40)16-28(24)27-9-12-46-33-30(19-57-34(27)33)36(53)49-58(55,56)22-38(2,3)20-45/h7-9,12,16,19,26,47H,10-11,13-15,18,21-22H2,1-4H3,(H,49,53). The molecule has 0 aliphatic carbocycles. The minimum absolute atomic E-state index is 0.0336. The molecule has 1 saturated heterocycles. The molecule has 2 aliphatic rings. The van der Waals surface area contributed by atoms with E-state index >= 15 is 0 Å². The van der Waals surface area contributed by atoms with Crippen molar-refractivity contribution in [2.45, 2.75) is 58.9 Å². The van der Waals surface area contributed by atoms with Gasteiger partial charge in [0.15, 0.2) is 0 Å². The number of hydrogen-bond donors (Lipinski definition) is 2. The number of fused-ring (bicyclic) bond motifs is 2. The van der Waals surface area contributed by atoms with Crippen LogP contribution < -0.4 is 15.6 Å². The number of pyridine rings is 1. The number of alkyl halides is 3. The van der Waals surface area contributed by atoms with Gasteiger partial charge < -0.3 is 10.2 Å². The van der Waals surface area contributed by atoms with E-state index in [-0.39, 0.29) is 54.4 Å². The van der Waals surface area contributed by atoms with Crippen molar-refractivity contribution in [3.8, 4) is 35.1 Å². The van der Waals surface area contributed by atoms with Gasteiger partial charge in [-0.2, -0.15) is 23.7 Å². The number of piperidine rings is 1. The summed E-state index contributed by atoms with van der Waals surface area (Å²) in [5.74, 6) is 5.50. The topological polar surface area (TPSA) is 177 Å². The van der Waals surface area contributed by atoms with Gasteiger partial charge in [-0.3, -0.25) is 24.0 Å². The quantitative estimate of drug-likeness (QED) is 0.206. The second-order valence-corrected chi connectivity index (χ2v) is 17.7. The van der Waals surface area contributed by atoms with Gasteiger partial charge in [-0.15, -0.1) is 11.3 Å². The maximum atomic E-state index is 14.1. The number of halogens is 4. The maximum Gasteiger partial charge on any atom is 0.401 e. The van der Waals surface area contributed by atoms with Gasteiger partial charge in [-0.05, 0) is 57.9 Å². The fourth-order valence-corrected chi connectivity index (χ4v) is 9.76. The minimum atomic E-state index is -4.28. The van der Waals surface area contributed by atoms with Crippen molar-refractivity contribution in [2.75, 3.05) is 32.4 Å². The predicted molar refractivity (Wildman–Crippen MR) is 213 cm³/mol. The molecule has 1 fully saturated rings. The Morgan fingerprint density at radius 1 is 1.17 bits per heavy atom. The van der Waals surface area contributed by atoms with E-state index in [9.17, 15) is 41.7 Å². The number of aromatic nitrogens is 3. The number of nitrogens with one attached hydrogen (secondary N) is 2. The third-order valence-corrected chi connectivity index (χ3v) is 12.7. The summed E-state index contributed by atoms with van der Waals surface area (Å²) in [4.78, 5) is 39.4. The average Bonchev–Trinajstić information content (AvgIpc) is 3.60. The highest BCUT2D eigenvalue weighted by Gasteiger charge is 2.35. The van der Waals surface area contributed by atoms with Gasteiger partial charge in [0.05, 0.1) is 63.9 Å². The Morgan fingerprint density at radius 2 is 1.90 bits per heavy atom. The largest absolute Gasteiger partial charge is 0.401 e. The smallest absolute Gasteiger partial charge is 0.365 e. The van der Waals surface area contributed by atoms with Crippen molar-refractivity contribution in [3.05, 3.63) is 85.2 Å². The normalized spacial score (nSPS) is 15.1. The van der Waals surface area contributed by atoms with E-state index in [1.807, 2.05) is 15.7 Å². The lowest BCUT2D eigenvalue weighted by Gasteiger charge is -2.40. The molecular weight excluding hydrogens is 815 g/mol. The number of carbonyl (C=O) groups is 1. The van der Waals surface area contributed by atoms with E-state index in [0.29, 0.717) is 56.6 Å². The lowest BCUT2D eigenvalue weighted by atomic mass is 9.99. The summed E-state index contributed by atoms with van der Waals surface area (Å²) in [6.07, 6.45) is -1.91. The third-order valence-electron chi connectivity index (χ3n) is 9.85. The molecule has 2 N–H and O–H groups in total. The number of aryl methyl sites for hydroxylation is 1. The van der Waals surface area contributed by atoms with Gasteiger partial charge in [0.2, 0.25) is 10.0 Å². The highest BCUT2D eigenvalue weighted by atomic mass is 35.5. The molecule has 0 radical (unpaired) electrons. The first-order valence-corrected chi connectivity index (χ1v) is 20.8. The number of likely N-dealkylation sites (tertiary alicyclic amines) is 1. The van der Waals surface area contributed by atoms with Crippen LogP contribution in [0.5, 0.6) is 0 Å². The van der Waals surface area contributed by atoms with Crippen LogP contribution in [0.4, 0.5) is 13.2 Å². The maximum absolute atomic E-state index is 14.1. The Balaban J connectivity index is 1.28. The molecule has 2 aliphatic heterocycles. The van der Waals surface area contributed by atoms with E-state index in [0.717, 1.165) is 0 Å². The number of carbonyl (C=O) groups excluding carboxylic acids is 1. The molecule has 0 unspecified atom stereocenters. The van der Waals surface area contributed by atoms with Crippen molar-refractivity contribution in [3.63, 3.8) is 0 Å². The number of thiophene rings is 1. The minimum Gasteiger partial charge on any atom is -0.365 e. The average molecular weight is 852 g/mol. The van der Waals surface area contributed by atoms with Crippen LogP contribution in [0, 0.1) is 46.8 Å². The summed E-state index contributed by atoms with van der Waals surface area (Å²) in [5.41, 5.74) is 0.974. The molecule has 0 atom stereocenters. The number of allylic oxidation sites excluding steroid dienone is 1. The number of benzene rings is 1. The molecule has 1 aromatic carbocycles. The first kappa shape index (κ1) is 42.2. The fourth-order valence-electron chi connectivity index (χ4n) is 7.08. The van der Waals surface area contributed by atoms with Crippen molar-refractivity contribution in [1.82, 2.24) is 34.4 Å². The van der Waals surface area contributed by atoms with Crippen LogP contribution in [-0.4, -0.2) is 83.3 Å². The van der Waals surface area contributed by atoms with Gasteiger partial charge in [0.1, 0.15) is 23.3 Å². The van der Waals surface area contributed by atoms with Gasteiger partial charge in [-0.25, -0.2) is 18.1 Å². The lowest BCUT2D eigenvalue weighted by Crippen LogP contribution is -2.48. The number of amides is 1. The number of sulfonamides is 1. The summed E-state index contributed by atoms with van der Waals surface area (Å²) in [6.45, 7) is 4.18. The van der Waals surface area contributed by atoms with E-state index in [1.54, 1.807) is 38.2 Å². The lowest BCUT2D eigenvalue weighted by molar-refractivity contribution is -0.148. The van der Waals surface area contributed by atoms with Crippen molar-refractivity contribution in [1.29, 1.82) is 10.5 Å². The Morgan fingerprint density at radius 3 is 2.57 bits per heavy atom. The Kier molecular flexibility index (Phi) is 11.9. The monoisotopic (exact) mass is 851 g/mol. The molecule has 1 amide bonds. The molecule has 302 valence electrons. The molecule has 5 heterocycles. The van der Waals surface area contributed by atoms with Crippen LogP contribution >= 0.6 is 22.9 Å². The molecule has 13 nitrogen and oxygen atoms in total. The van der Waals surface area contributed by atoms with Gasteiger partial charge in [-0.1, -0.05) is 23.4 Å².